The molecule has 39 heavy (non-hydrogen) atoms. The molecule has 220 valence electrons. The van der Waals surface area contributed by atoms with Gasteiger partial charge in [-0.1, -0.05) is 156 Å². The van der Waals surface area contributed by atoms with Crippen LogP contribution in [0.5, 0.6) is 0 Å². The van der Waals surface area contributed by atoms with Crippen molar-refractivity contribution in [1.82, 2.24) is 0 Å². The second-order valence-corrected chi connectivity index (χ2v) is 18.6. The predicted octanol–water partition coefficient (Wildman–Crippen LogP) is 11.8. The minimum absolute atomic E-state index is 0.0597. The Kier molecular flexibility index (Phi) is 8.94. The first-order valence-corrected chi connectivity index (χ1v) is 15.4. The van der Waals surface area contributed by atoms with E-state index in [2.05, 4.69) is 156 Å². The van der Waals surface area contributed by atoms with Crippen molar-refractivity contribution in [2.24, 2.45) is 0 Å². The van der Waals surface area contributed by atoms with Crippen molar-refractivity contribution in [3.8, 4) is 0 Å². The molecule has 0 aromatic heterocycles. The van der Waals surface area contributed by atoms with Crippen LogP contribution in [-0.2, 0) is 38.9 Å². The first-order valence-electron chi connectivity index (χ1n) is 15.4. The Morgan fingerprint density at radius 1 is 0.462 bits per heavy atom. The Morgan fingerprint density at radius 2 is 0.872 bits per heavy atom. The number of hydrogen-bond acceptors (Lipinski definition) is 0. The van der Waals surface area contributed by atoms with Gasteiger partial charge in [0, 0.05) is 0 Å². The summed E-state index contributed by atoms with van der Waals surface area (Å²) < 4.78 is 0. The molecule has 0 aliphatic carbocycles. The molecule has 0 spiro atoms. The van der Waals surface area contributed by atoms with Gasteiger partial charge in [-0.2, -0.15) is 0 Å². The lowest BCUT2D eigenvalue weighted by Gasteiger charge is -2.39. The van der Waals surface area contributed by atoms with Gasteiger partial charge in [-0.25, -0.2) is 0 Å². The molecule has 0 radical (unpaired) electrons. The topological polar surface area (TPSA) is 0 Å². The maximum absolute atomic E-state index is 2.56. The van der Waals surface area contributed by atoms with Crippen LogP contribution in [-0.4, -0.2) is 0 Å². The Labute approximate surface area is 244 Å². The lowest BCUT2D eigenvalue weighted by atomic mass is 9.65. The summed E-state index contributed by atoms with van der Waals surface area (Å²) in [6, 6.07) is 9.98. The van der Waals surface area contributed by atoms with Crippen LogP contribution in [0.25, 0.3) is 0 Å². The van der Waals surface area contributed by atoms with E-state index in [4.69, 9.17) is 0 Å². The van der Waals surface area contributed by atoms with Crippen molar-refractivity contribution in [2.45, 2.75) is 176 Å². The molecule has 0 aliphatic rings. The molecule has 0 fully saturated rings. The predicted molar refractivity (Wildman–Crippen MR) is 177 cm³/mol. The van der Waals surface area contributed by atoms with Gasteiger partial charge in [0.05, 0.1) is 0 Å². The smallest absolute Gasteiger partial charge is 0.0126 e. The summed E-state index contributed by atoms with van der Waals surface area (Å²) in [5.41, 5.74) is 12.7. The fraction of sp³-hybridized carbons (Fsp3) is 0.692. The fourth-order valence-electron chi connectivity index (χ4n) is 6.42. The molecule has 0 saturated heterocycles. The van der Waals surface area contributed by atoms with Crippen molar-refractivity contribution >= 4 is 0 Å². The van der Waals surface area contributed by atoms with Crippen molar-refractivity contribution < 1.29 is 0 Å². The standard InChI is InChI=1S/C39H64/c1-25(31-28(35(5,6)7)20-21-29(36(8,9)10)33(31)39(17,18)19)22-26-23-27(34(2,3)4)24-30(37(11,12)13)32(26)38(14,15)16/h20-21,23-25H,22H2,1-19H3. The van der Waals surface area contributed by atoms with Gasteiger partial charge >= 0.3 is 0 Å². The molecule has 0 amide bonds. The molecule has 0 saturated carbocycles. The second-order valence-electron chi connectivity index (χ2n) is 18.6. The molecule has 0 N–H and O–H groups in total. The molecule has 1 unspecified atom stereocenters. The first kappa shape index (κ1) is 33.6. The summed E-state index contributed by atoms with van der Waals surface area (Å²) in [7, 11) is 0. The monoisotopic (exact) mass is 533 g/mol. The molecular weight excluding hydrogens is 468 g/mol. The number of rotatable bonds is 3. The van der Waals surface area contributed by atoms with E-state index in [1.54, 1.807) is 16.7 Å². The van der Waals surface area contributed by atoms with E-state index in [1.807, 2.05) is 0 Å². The van der Waals surface area contributed by atoms with Gasteiger partial charge in [0.2, 0.25) is 0 Å². The second kappa shape index (κ2) is 10.4. The average molecular weight is 533 g/mol. The summed E-state index contributed by atoms with van der Waals surface area (Å²) in [5, 5.41) is 0. The van der Waals surface area contributed by atoms with Gasteiger partial charge in [-0.05, 0) is 89.3 Å². The maximum Gasteiger partial charge on any atom is -0.0126 e. The summed E-state index contributed by atoms with van der Waals surface area (Å²) >= 11 is 0. The van der Waals surface area contributed by atoms with E-state index in [-0.39, 0.29) is 32.5 Å². The molecule has 2 aromatic carbocycles. The van der Waals surface area contributed by atoms with Crippen LogP contribution in [0.15, 0.2) is 24.3 Å². The van der Waals surface area contributed by atoms with Crippen LogP contribution in [0, 0.1) is 0 Å². The Balaban J connectivity index is 3.03. The van der Waals surface area contributed by atoms with E-state index in [0.717, 1.165) is 6.42 Å². The lowest BCUT2D eigenvalue weighted by Crippen LogP contribution is -2.29. The van der Waals surface area contributed by atoms with Gasteiger partial charge in [-0.3, -0.25) is 0 Å². The molecular formula is C39H64. The molecule has 0 aliphatic heterocycles. The molecule has 0 heterocycles. The van der Waals surface area contributed by atoms with Crippen LogP contribution in [0.4, 0.5) is 0 Å². The van der Waals surface area contributed by atoms with Gasteiger partial charge in [-0.15, -0.1) is 0 Å². The zero-order chi connectivity index (χ0) is 30.7. The minimum atomic E-state index is 0.0597. The number of benzene rings is 2. The van der Waals surface area contributed by atoms with Crippen molar-refractivity contribution in [3.63, 3.8) is 0 Å². The summed E-state index contributed by atoms with van der Waals surface area (Å²) in [4.78, 5) is 0. The first-order chi connectivity index (χ1) is 17.1. The van der Waals surface area contributed by atoms with Crippen molar-refractivity contribution in [1.29, 1.82) is 0 Å². The highest BCUT2D eigenvalue weighted by atomic mass is 14.4. The largest absolute Gasteiger partial charge is 0.0581 e. The molecule has 2 aromatic rings. The van der Waals surface area contributed by atoms with Crippen LogP contribution >= 0.6 is 0 Å². The Hall–Kier alpha value is -1.56. The fourth-order valence-corrected chi connectivity index (χ4v) is 6.42. The van der Waals surface area contributed by atoms with Gasteiger partial charge in [0.15, 0.2) is 0 Å². The zero-order valence-corrected chi connectivity index (χ0v) is 29.6. The van der Waals surface area contributed by atoms with E-state index in [0.29, 0.717) is 5.92 Å². The summed E-state index contributed by atoms with van der Waals surface area (Å²) in [5.74, 6) is 0.403. The van der Waals surface area contributed by atoms with Crippen molar-refractivity contribution in [3.05, 3.63) is 68.8 Å². The molecule has 0 heteroatoms. The average Bonchev–Trinajstić information content (AvgIpc) is 2.67. The Bertz CT molecular complexity index is 1160. The third-order valence-electron chi connectivity index (χ3n) is 8.27. The molecule has 0 bridgehead atoms. The highest BCUT2D eigenvalue weighted by Gasteiger charge is 2.35. The van der Waals surface area contributed by atoms with E-state index < -0.39 is 0 Å². The maximum atomic E-state index is 2.56. The normalized spacial score (nSPS) is 15.1. The summed E-state index contributed by atoms with van der Waals surface area (Å²) in [6.07, 6.45) is 1.05. The third-order valence-corrected chi connectivity index (χ3v) is 8.27. The quantitative estimate of drug-likeness (QED) is 0.369. The molecule has 1 atom stereocenters. The summed E-state index contributed by atoms with van der Waals surface area (Å²) in [6.45, 7) is 45.5. The minimum Gasteiger partial charge on any atom is -0.0581 e. The number of hydrogen-bond donors (Lipinski definition) is 0. The SMILES string of the molecule is CC(Cc1cc(C(C)(C)C)cc(C(C)(C)C)c1C(C)(C)C)c1c(C(C)(C)C)ccc(C(C)(C)C)c1C(C)(C)C. The van der Waals surface area contributed by atoms with Crippen LogP contribution < -0.4 is 0 Å². The van der Waals surface area contributed by atoms with E-state index >= 15 is 0 Å². The third kappa shape index (κ3) is 7.59. The van der Waals surface area contributed by atoms with Crippen molar-refractivity contribution in [2.75, 3.05) is 0 Å². The van der Waals surface area contributed by atoms with Crippen LogP contribution in [0.2, 0.25) is 0 Å². The highest BCUT2D eigenvalue weighted by molar-refractivity contribution is 5.53. The lowest BCUT2D eigenvalue weighted by molar-refractivity contribution is 0.499. The molecule has 0 nitrogen and oxygen atoms in total. The highest BCUT2D eigenvalue weighted by Crippen LogP contribution is 2.46. The zero-order valence-electron chi connectivity index (χ0n) is 29.6. The van der Waals surface area contributed by atoms with Gasteiger partial charge < -0.3 is 0 Å². The van der Waals surface area contributed by atoms with Gasteiger partial charge in [0.25, 0.3) is 0 Å². The Morgan fingerprint density at radius 3 is 1.23 bits per heavy atom. The van der Waals surface area contributed by atoms with E-state index in [1.165, 1.54) is 27.8 Å². The van der Waals surface area contributed by atoms with Crippen LogP contribution in [0.1, 0.15) is 182 Å². The molecule has 2 rings (SSSR count). The van der Waals surface area contributed by atoms with Crippen LogP contribution in [0.3, 0.4) is 0 Å². The van der Waals surface area contributed by atoms with E-state index in [9.17, 15) is 0 Å². The van der Waals surface area contributed by atoms with Gasteiger partial charge in [0.1, 0.15) is 0 Å².